The molecule has 4 heteroatoms. The SMILES string of the molecule is Cc1cc(C#N)ccc1N(C(=O)[C@H]1CCCNC1)C1CCCCC1. The van der Waals surface area contributed by atoms with Crippen LogP contribution in [0.3, 0.4) is 0 Å². The van der Waals surface area contributed by atoms with E-state index in [9.17, 15) is 4.79 Å². The molecular formula is C20H27N3O. The van der Waals surface area contributed by atoms with Crippen LogP contribution in [-0.4, -0.2) is 25.0 Å². The Bertz CT molecular complexity index is 622. The molecule has 1 amide bonds. The zero-order valence-electron chi connectivity index (χ0n) is 14.6. The highest BCUT2D eigenvalue weighted by Crippen LogP contribution is 2.32. The van der Waals surface area contributed by atoms with Crippen molar-refractivity contribution in [2.24, 2.45) is 5.92 Å². The molecule has 2 aliphatic rings. The van der Waals surface area contributed by atoms with Gasteiger partial charge < -0.3 is 10.2 Å². The molecule has 1 saturated heterocycles. The van der Waals surface area contributed by atoms with Crippen molar-refractivity contribution in [1.82, 2.24) is 5.32 Å². The second kappa shape index (κ2) is 7.81. The third-order valence-corrected chi connectivity index (χ3v) is 5.41. The van der Waals surface area contributed by atoms with Gasteiger partial charge in [0.05, 0.1) is 17.6 Å². The van der Waals surface area contributed by atoms with Gasteiger partial charge in [-0.15, -0.1) is 0 Å². The van der Waals surface area contributed by atoms with E-state index in [0.29, 0.717) is 11.6 Å². The summed E-state index contributed by atoms with van der Waals surface area (Å²) in [6.45, 7) is 3.82. The summed E-state index contributed by atoms with van der Waals surface area (Å²) in [4.78, 5) is 15.4. The largest absolute Gasteiger partial charge is 0.316 e. The molecule has 2 fully saturated rings. The summed E-state index contributed by atoms with van der Waals surface area (Å²) >= 11 is 0. The summed E-state index contributed by atoms with van der Waals surface area (Å²) in [5, 5.41) is 12.5. The Morgan fingerprint density at radius 1 is 1.21 bits per heavy atom. The average Bonchev–Trinajstić information content (AvgIpc) is 2.64. The van der Waals surface area contributed by atoms with Crippen molar-refractivity contribution in [1.29, 1.82) is 5.26 Å². The lowest BCUT2D eigenvalue weighted by Crippen LogP contribution is -2.48. The van der Waals surface area contributed by atoms with Gasteiger partial charge in [-0.1, -0.05) is 19.3 Å². The molecule has 0 aromatic heterocycles. The number of nitrogens with one attached hydrogen (secondary N) is 1. The number of aryl methyl sites for hydroxylation is 1. The number of anilines is 1. The van der Waals surface area contributed by atoms with E-state index < -0.39 is 0 Å². The molecular weight excluding hydrogens is 298 g/mol. The lowest BCUT2D eigenvalue weighted by Gasteiger charge is -2.38. The molecule has 1 aliphatic heterocycles. The van der Waals surface area contributed by atoms with Gasteiger partial charge >= 0.3 is 0 Å². The van der Waals surface area contributed by atoms with Crippen LogP contribution in [0.5, 0.6) is 0 Å². The number of rotatable bonds is 3. The normalized spacial score (nSPS) is 21.9. The van der Waals surface area contributed by atoms with Gasteiger partial charge in [0.15, 0.2) is 0 Å². The summed E-state index contributed by atoms with van der Waals surface area (Å²) in [6.07, 6.45) is 7.90. The molecule has 4 nitrogen and oxygen atoms in total. The Hall–Kier alpha value is -1.86. The number of nitrogens with zero attached hydrogens (tertiary/aromatic N) is 2. The first-order chi connectivity index (χ1) is 11.7. The zero-order valence-corrected chi connectivity index (χ0v) is 14.6. The molecule has 0 bridgehead atoms. The van der Waals surface area contributed by atoms with Crippen LogP contribution in [0, 0.1) is 24.2 Å². The van der Waals surface area contributed by atoms with Crippen molar-refractivity contribution in [3.8, 4) is 6.07 Å². The minimum atomic E-state index is 0.0794. The fraction of sp³-hybridized carbons (Fsp3) is 0.600. The fourth-order valence-corrected chi connectivity index (χ4v) is 4.09. The monoisotopic (exact) mass is 325 g/mol. The first kappa shape index (κ1) is 17.0. The summed E-state index contributed by atoms with van der Waals surface area (Å²) in [7, 11) is 0. The molecule has 0 radical (unpaired) electrons. The van der Waals surface area contributed by atoms with Crippen LogP contribution in [-0.2, 0) is 4.79 Å². The van der Waals surface area contributed by atoms with Crippen LogP contribution >= 0.6 is 0 Å². The topological polar surface area (TPSA) is 56.1 Å². The number of piperidine rings is 1. The Morgan fingerprint density at radius 3 is 2.62 bits per heavy atom. The Labute approximate surface area is 144 Å². The molecule has 1 aromatic rings. The minimum absolute atomic E-state index is 0.0794. The van der Waals surface area contributed by atoms with E-state index in [4.69, 9.17) is 5.26 Å². The smallest absolute Gasteiger partial charge is 0.231 e. The van der Waals surface area contributed by atoms with Crippen molar-refractivity contribution in [3.63, 3.8) is 0 Å². The first-order valence-electron chi connectivity index (χ1n) is 9.25. The maximum Gasteiger partial charge on any atom is 0.231 e. The summed E-state index contributed by atoms with van der Waals surface area (Å²) in [5.41, 5.74) is 2.68. The standard InChI is InChI=1S/C20H27N3O/c1-15-12-16(13-21)9-10-19(15)23(18-7-3-2-4-8-18)20(24)17-6-5-11-22-14-17/h9-10,12,17-18,22H,2-8,11,14H2,1H3/t17-/m0/s1. The second-order valence-corrected chi connectivity index (χ2v) is 7.16. The molecule has 1 saturated carbocycles. The third-order valence-electron chi connectivity index (χ3n) is 5.41. The van der Waals surface area contributed by atoms with Gasteiger partial charge in [0.1, 0.15) is 0 Å². The lowest BCUT2D eigenvalue weighted by atomic mass is 9.90. The van der Waals surface area contributed by atoms with Crippen molar-refractivity contribution < 1.29 is 4.79 Å². The first-order valence-corrected chi connectivity index (χ1v) is 9.25. The van der Waals surface area contributed by atoms with E-state index in [-0.39, 0.29) is 11.8 Å². The molecule has 1 aromatic carbocycles. The van der Waals surface area contributed by atoms with Crippen molar-refractivity contribution >= 4 is 11.6 Å². The van der Waals surface area contributed by atoms with Gasteiger partial charge in [0.2, 0.25) is 5.91 Å². The van der Waals surface area contributed by atoms with Crippen LogP contribution in [0.15, 0.2) is 18.2 Å². The second-order valence-electron chi connectivity index (χ2n) is 7.16. The van der Waals surface area contributed by atoms with Gasteiger partial charge in [-0.25, -0.2) is 0 Å². The molecule has 0 spiro atoms. The minimum Gasteiger partial charge on any atom is -0.316 e. The highest BCUT2D eigenvalue weighted by atomic mass is 16.2. The summed E-state index contributed by atoms with van der Waals surface area (Å²) in [6, 6.07) is 8.21. The number of benzene rings is 1. The predicted octanol–water partition coefficient (Wildman–Crippen LogP) is 3.53. The Balaban J connectivity index is 1.92. The van der Waals surface area contributed by atoms with E-state index in [1.807, 2.05) is 25.1 Å². The highest BCUT2D eigenvalue weighted by Gasteiger charge is 2.33. The molecule has 3 rings (SSSR count). The summed E-state index contributed by atoms with van der Waals surface area (Å²) < 4.78 is 0. The van der Waals surface area contributed by atoms with Crippen LogP contribution in [0.1, 0.15) is 56.1 Å². The maximum absolute atomic E-state index is 13.3. The Kier molecular flexibility index (Phi) is 5.52. The van der Waals surface area contributed by atoms with E-state index in [0.717, 1.165) is 50.0 Å². The van der Waals surface area contributed by atoms with Gasteiger partial charge in [0, 0.05) is 18.3 Å². The zero-order chi connectivity index (χ0) is 16.9. The highest BCUT2D eigenvalue weighted by molar-refractivity contribution is 5.96. The van der Waals surface area contributed by atoms with Crippen molar-refractivity contribution in [2.45, 2.75) is 57.9 Å². The van der Waals surface area contributed by atoms with Gasteiger partial charge in [-0.3, -0.25) is 4.79 Å². The molecule has 128 valence electrons. The molecule has 0 unspecified atom stereocenters. The van der Waals surface area contributed by atoms with E-state index in [1.54, 1.807) is 0 Å². The number of hydrogen-bond acceptors (Lipinski definition) is 3. The van der Waals surface area contributed by atoms with Gasteiger partial charge in [-0.05, 0) is 62.9 Å². The molecule has 1 aliphatic carbocycles. The van der Waals surface area contributed by atoms with Crippen molar-refractivity contribution in [2.75, 3.05) is 18.0 Å². The van der Waals surface area contributed by atoms with Crippen LogP contribution in [0.2, 0.25) is 0 Å². The fourth-order valence-electron chi connectivity index (χ4n) is 4.09. The van der Waals surface area contributed by atoms with Gasteiger partial charge in [-0.2, -0.15) is 5.26 Å². The van der Waals surface area contributed by atoms with E-state index in [1.165, 1.54) is 19.3 Å². The number of hydrogen-bond donors (Lipinski definition) is 1. The Morgan fingerprint density at radius 2 is 2.00 bits per heavy atom. The van der Waals surface area contributed by atoms with Gasteiger partial charge in [0.25, 0.3) is 0 Å². The molecule has 1 N–H and O–H groups in total. The van der Waals surface area contributed by atoms with Crippen LogP contribution in [0.4, 0.5) is 5.69 Å². The number of nitriles is 1. The number of carbonyl (C=O) groups is 1. The predicted molar refractivity (Wildman–Crippen MR) is 95.8 cm³/mol. The quantitative estimate of drug-likeness (QED) is 0.925. The third kappa shape index (κ3) is 3.62. The molecule has 1 atom stereocenters. The number of amides is 1. The average molecular weight is 325 g/mol. The maximum atomic E-state index is 13.3. The summed E-state index contributed by atoms with van der Waals surface area (Å²) in [5.74, 6) is 0.345. The lowest BCUT2D eigenvalue weighted by molar-refractivity contribution is -0.123. The van der Waals surface area contributed by atoms with E-state index in [2.05, 4.69) is 16.3 Å². The molecule has 1 heterocycles. The van der Waals surface area contributed by atoms with Crippen LogP contribution in [0.25, 0.3) is 0 Å². The number of carbonyl (C=O) groups excluding carboxylic acids is 1. The van der Waals surface area contributed by atoms with E-state index >= 15 is 0 Å². The van der Waals surface area contributed by atoms with Crippen LogP contribution < -0.4 is 10.2 Å². The van der Waals surface area contributed by atoms with Crippen molar-refractivity contribution in [3.05, 3.63) is 29.3 Å². The molecule has 24 heavy (non-hydrogen) atoms.